The Kier molecular flexibility index (Phi) is 4.75. The number of nitrogen functional groups attached to an aromatic ring is 1. The molecule has 0 atom stereocenters. The predicted octanol–water partition coefficient (Wildman–Crippen LogP) is 3.09. The number of hydrazine groups is 1. The Morgan fingerprint density at radius 1 is 1.29 bits per heavy atom. The molecule has 5 heteroatoms. The van der Waals surface area contributed by atoms with Crippen LogP contribution in [-0.2, 0) is 6.42 Å². The summed E-state index contributed by atoms with van der Waals surface area (Å²) in [5, 5.41) is 0. The predicted molar refractivity (Wildman–Crippen MR) is 85.2 cm³/mol. The topological polar surface area (TPSA) is 73.1 Å². The summed E-state index contributed by atoms with van der Waals surface area (Å²) in [6, 6.07) is 7.78. The van der Waals surface area contributed by atoms with Gasteiger partial charge in [0, 0.05) is 16.8 Å². The van der Waals surface area contributed by atoms with E-state index in [1.54, 1.807) is 0 Å². The largest absolute Gasteiger partial charge is 0.491 e. The first-order valence-electron chi connectivity index (χ1n) is 7.16. The fourth-order valence-electron chi connectivity index (χ4n) is 2.25. The third-order valence-electron chi connectivity index (χ3n) is 3.17. The molecule has 1 aromatic carbocycles. The lowest BCUT2D eigenvalue weighted by Gasteiger charge is -2.13. The minimum absolute atomic E-state index is 0.131. The van der Waals surface area contributed by atoms with Crippen molar-refractivity contribution < 1.29 is 4.74 Å². The molecule has 2 rings (SSSR count). The van der Waals surface area contributed by atoms with Crippen molar-refractivity contribution in [2.24, 2.45) is 5.84 Å². The first-order chi connectivity index (χ1) is 10.0. The van der Waals surface area contributed by atoms with Crippen LogP contribution in [0.1, 0.15) is 32.0 Å². The van der Waals surface area contributed by atoms with Gasteiger partial charge in [0.1, 0.15) is 11.6 Å². The first-order valence-corrected chi connectivity index (χ1v) is 7.16. The number of rotatable bonds is 5. The average molecular weight is 286 g/mol. The van der Waals surface area contributed by atoms with Crippen molar-refractivity contribution in [1.82, 2.24) is 9.97 Å². The maximum absolute atomic E-state index is 5.71. The van der Waals surface area contributed by atoms with Crippen LogP contribution < -0.4 is 16.0 Å². The third-order valence-corrected chi connectivity index (χ3v) is 3.17. The van der Waals surface area contributed by atoms with E-state index < -0.39 is 0 Å². The molecule has 0 unspecified atom stereocenters. The molecule has 2 aromatic rings. The Morgan fingerprint density at radius 2 is 2.05 bits per heavy atom. The highest BCUT2D eigenvalue weighted by Gasteiger charge is 2.11. The zero-order chi connectivity index (χ0) is 15.4. The van der Waals surface area contributed by atoms with Gasteiger partial charge in [0.05, 0.1) is 6.10 Å². The van der Waals surface area contributed by atoms with Crippen molar-refractivity contribution in [2.75, 3.05) is 5.43 Å². The number of ether oxygens (including phenoxy) is 1. The fourth-order valence-corrected chi connectivity index (χ4v) is 2.25. The molecule has 0 bridgehead atoms. The van der Waals surface area contributed by atoms with Crippen LogP contribution in [0, 0.1) is 6.92 Å². The number of aryl methyl sites for hydroxylation is 1. The first kappa shape index (κ1) is 15.3. The quantitative estimate of drug-likeness (QED) is 0.652. The van der Waals surface area contributed by atoms with E-state index in [-0.39, 0.29) is 6.10 Å². The summed E-state index contributed by atoms with van der Waals surface area (Å²) in [7, 11) is 0. The van der Waals surface area contributed by atoms with Gasteiger partial charge >= 0.3 is 0 Å². The second-order valence-corrected chi connectivity index (χ2v) is 5.15. The zero-order valence-electron chi connectivity index (χ0n) is 13.0. The SMILES string of the molecule is CCc1c(C)nc(-c2cccc(OC(C)C)c2)nc1NN. The van der Waals surface area contributed by atoms with Crippen LogP contribution in [0.5, 0.6) is 5.75 Å². The summed E-state index contributed by atoms with van der Waals surface area (Å²) in [5.41, 5.74) is 5.55. The standard InChI is InChI=1S/C16H22N4O/c1-5-14-11(4)18-15(19-16(14)20-17)12-7-6-8-13(9-12)21-10(2)3/h6-10H,5,17H2,1-4H3,(H,18,19,20). The van der Waals surface area contributed by atoms with E-state index in [0.717, 1.165) is 29.0 Å². The average Bonchev–Trinajstić information content (AvgIpc) is 2.45. The zero-order valence-corrected chi connectivity index (χ0v) is 13.0. The van der Waals surface area contributed by atoms with Gasteiger partial charge in [-0.1, -0.05) is 19.1 Å². The van der Waals surface area contributed by atoms with E-state index in [0.29, 0.717) is 11.6 Å². The molecule has 0 aliphatic rings. The third kappa shape index (κ3) is 3.49. The monoisotopic (exact) mass is 286 g/mol. The number of nitrogens with one attached hydrogen (secondary N) is 1. The lowest BCUT2D eigenvalue weighted by atomic mass is 10.1. The van der Waals surface area contributed by atoms with Crippen molar-refractivity contribution >= 4 is 5.82 Å². The number of nitrogens with two attached hydrogens (primary N) is 1. The number of hydrogen-bond donors (Lipinski definition) is 2. The van der Waals surface area contributed by atoms with E-state index in [9.17, 15) is 0 Å². The minimum Gasteiger partial charge on any atom is -0.491 e. The second-order valence-electron chi connectivity index (χ2n) is 5.15. The van der Waals surface area contributed by atoms with Gasteiger partial charge in [-0.2, -0.15) is 0 Å². The summed E-state index contributed by atoms with van der Waals surface area (Å²) in [6.45, 7) is 8.03. The van der Waals surface area contributed by atoms with E-state index in [2.05, 4.69) is 22.3 Å². The van der Waals surface area contributed by atoms with Gasteiger partial charge in [0.25, 0.3) is 0 Å². The lowest BCUT2D eigenvalue weighted by molar-refractivity contribution is 0.242. The molecule has 0 spiro atoms. The molecule has 1 aromatic heterocycles. The van der Waals surface area contributed by atoms with Crippen molar-refractivity contribution in [1.29, 1.82) is 0 Å². The molecule has 3 N–H and O–H groups in total. The van der Waals surface area contributed by atoms with Gasteiger partial charge in [-0.3, -0.25) is 0 Å². The van der Waals surface area contributed by atoms with Gasteiger partial charge in [-0.25, -0.2) is 15.8 Å². The highest BCUT2D eigenvalue weighted by Crippen LogP contribution is 2.25. The molecule has 112 valence electrons. The van der Waals surface area contributed by atoms with Crippen LogP contribution in [0.15, 0.2) is 24.3 Å². The molecule has 0 radical (unpaired) electrons. The maximum atomic E-state index is 5.71. The normalized spacial score (nSPS) is 10.8. The number of benzene rings is 1. The number of hydrogen-bond acceptors (Lipinski definition) is 5. The Labute approximate surface area is 125 Å². The van der Waals surface area contributed by atoms with Crippen molar-refractivity contribution in [3.63, 3.8) is 0 Å². The van der Waals surface area contributed by atoms with Gasteiger partial charge < -0.3 is 10.2 Å². The van der Waals surface area contributed by atoms with Gasteiger partial charge in [0.15, 0.2) is 5.82 Å². The molecule has 21 heavy (non-hydrogen) atoms. The second kappa shape index (κ2) is 6.54. The molecule has 5 nitrogen and oxygen atoms in total. The number of aromatic nitrogens is 2. The highest BCUT2D eigenvalue weighted by molar-refractivity contribution is 5.61. The Hall–Kier alpha value is -2.14. The molecule has 0 amide bonds. The van der Waals surface area contributed by atoms with Crippen LogP contribution in [-0.4, -0.2) is 16.1 Å². The smallest absolute Gasteiger partial charge is 0.161 e. The van der Waals surface area contributed by atoms with Crippen LogP contribution in [0.4, 0.5) is 5.82 Å². The summed E-state index contributed by atoms with van der Waals surface area (Å²) < 4.78 is 5.71. The molecule has 0 aliphatic heterocycles. The molecule has 0 fully saturated rings. The lowest BCUT2D eigenvalue weighted by Crippen LogP contribution is -2.13. The van der Waals surface area contributed by atoms with Gasteiger partial charge in [-0.05, 0) is 39.3 Å². The molecule has 1 heterocycles. The van der Waals surface area contributed by atoms with Crippen LogP contribution in [0.25, 0.3) is 11.4 Å². The van der Waals surface area contributed by atoms with Gasteiger partial charge in [0.2, 0.25) is 0 Å². The summed E-state index contributed by atoms with van der Waals surface area (Å²) in [4.78, 5) is 9.09. The summed E-state index contributed by atoms with van der Waals surface area (Å²) in [5.74, 6) is 7.70. The fraction of sp³-hybridized carbons (Fsp3) is 0.375. The van der Waals surface area contributed by atoms with Crippen LogP contribution in [0.2, 0.25) is 0 Å². The van der Waals surface area contributed by atoms with Crippen LogP contribution in [0.3, 0.4) is 0 Å². The van der Waals surface area contributed by atoms with Gasteiger partial charge in [-0.15, -0.1) is 0 Å². The molecular weight excluding hydrogens is 264 g/mol. The van der Waals surface area contributed by atoms with Crippen molar-refractivity contribution in [3.8, 4) is 17.1 Å². The molecule has 0 saturated heterocycles. The number of anilines is 1. The van der Waals surface area contributed by atoms with Crippen molar-refractivity contribution in [2.45, 2.75) is 40.2 Å². The number of nitrogens with zero attached hydrogens (tertiary/aromatic N) is 2. The molecular formula is C16H22N4O. The summed E-state index contributed by atoms with van der Waals surface area (Å²) in [6.07, 6.45) is 0.967. The van der Waals surface area contributed by atoms with E-state index >= 15 is 0 Å². The molecule has 0 saturated carbocycles. The van der Waals surface area contributed by atoms with E-state index in [1.807, 2.05) is 45.0 Å². The maximum Gasteiger partial charge on any atom is 0.161 e. The van der Waals surface area contributed by atoms with E-state index in [4.69, 9.17) is 10.6 Å². The van der Waals surface area contributed by atoms with Crippen molar-refractivity contribution in [3.05, 3.63) is 35.5 Å². The Morgan fingerprint density at radius 3 is 2.67 bits per heavy atom. The van der Waals surface area contributed by atoms with Crippen LogP contribution >= 0.6 is 0 Å². The molecule has 0 aliphatic carbocycles. The van der Waals surface area contributed by atoms with E-state index in [1.165, 1.54) is 0 Å². The Balaban J connectivity index is 2.44. The summed E-state index contributed by atoms with van der Waals surface area (Å²) >= 11 is 0. The highest BCUT2D eigenvalue weighted by atomic mass is 16.5. The minimum atomic E-state index is 0.131. The Bertz CT molecular complexity index is 626.